The summed E-state index contributed by atoms with van der Waals surface area (Å²) in [5.41, 5.74) is 1.63. The fourth-order valence-electron chi connectivity index (χ4n) is 1.28. The zero-order valence-electron chi connectivity index (χ0n) is 7.75. The van der Waals surface area contributed by atoms with Crippen molar-refractivity contribution in [1.82, 2.24) is 10.3 Å². The third-order valence-corrected chi connectivity index (χ3v) is 1.92. The van der Waals surface area contributed by atoms with E-state index in [9.17, 15) is 4.79 Å². The maximum absolute atomic E-state index is 10.5. The van der Waals surface area contributed by atoms with E-state index in [0.717, 1.165) is 5.56 Å². The Bertz CT molecular complexity index is 465. The Labute approximate surface area is 85.3 Å². The van der Waals surface area contributed by atoms with Crippen LogP contribution in [0.15, 0.2) is 35.0 Å². The van der Waals surface area contributed by atoms with Gasteiger partial charge in [0.2, 0.25) is 0 Å². The molecule has 1 aromatic heterocycles. The van der Waals surface area contributed by atoms with Gasteiger partial charge in [0.25, 0.3) is 0 Å². The first-order valence-corrected chi connectivity index (χ1v) is 4.36. The second-order valence-corrected chi connectivity index (χ2v) is 3.00. The van der Waals surface area contributed by atoms with Crippen LogP contribution in [0.1, 0.15) is 5.69 Å². The minimum atomic E-state index is -0.956. The lowest BCUT2D eigenvalue weighted by atomic mass is 10.1. The van der Waals surface area contributed by atoms with Gasteiger partial charge in [-0.3, -0.25) is 4.79 Å². The normalized spacial score (nSPS) is 10.1. The Hall–Kier alpha value is -2.17. The molecule has 0 unspecified atom stereocenters. The Morgan fingerprint density at radius 1 is 1.27 bits per heavy atom. The van der Waals surface area contributed by atoms with Crippen LogP contribution < -0.4 is 0 Å². The Kier molecular flexibility index (Phi) is 2.45. The number of aliphatic carboxylic acids is 1. The number of carboxylic acid groups (broad SMARTS) is 1. The van der Waals surface area contributed by atoms with Crippen molar-refractivity contribution in [2.45, 2.75) is 6.42 Å². The number of rotatable bonds is 3. The summed E-state index contributed by atoms with van der Waals surface area (Å²) in [5.74, 6) is -0.956. The second kappa shape index (κ2) is 3.91. The first-order chi connectivity index (χ1) is 7.27. The van der Waals surface area contributed by atoms with Gasteiger partial charge in [0.05, 0.1) is 6.42 Å². The highest BCUT2D eigenvalue weighted by molar-refractivity contribution is 5.73. The summed E-state index contributed by atoms with van der Waals surface area (Å²) >= 11 is 0. The van der Waals surface area contributed by atoms with Crippen LogP contribution in [-0.4, -0.2) is 21.4 Å². The van der Waals surface area contributed by atoms with Crippen molar-refractivity contribution < 1.29 is 14.5 Å². The number of carbonyl (C=O) groups is 1. The molecule has 0 fully saturated rings. The number of hydrogen-bond donors (Lipinski definition) is 1. The van der Waals surface area contributed by atoms with Crippen molar-refractivity contribution in [1.29, 1.82) is 0 Å². The number of benzene rings is 1. The Morgan fingerprint density at radius 2 is 2.00 bits per heavy atom. The molecule has 0 radical (unpaired) electrons. The molecule has 1 N–H and O–H groups in total. The molecule has 0 aliphatic carbocycles. The van der Waals surface area contributed by atoms with E-state index in [2.05, 4.69) is 14.9 Å². The molecule has 2 rings (SSSR count). The number of carboxylic acids is 1. The second-order valence-electron chi connectivity index (χ2n) is 3.00. The third kappa shape index (κ3) is 2.01. The van der Waals surface area contributed by atoms with Gasteiger partial charge >= 0.3 is 5.97 Å². The molecular weight excluding hydrogens is 196 g/mol. The molecule has 0 aliphatic heterocycles. The first kappa shape index (κ1) is 9.39. The maximum Gasteiger partial charge on any atom is 0.309 e. The first-order valence-electron chi connectivity index (χ1n) is 4.36. The zero-order chi connectivity index (χ0) is 10.7. The lowest BCUT2D eigenvalue weighted by Gasteiger charge is -1.95. The van der Waals surface area contributed by atoms with Crippen LogP contribution in [-0.2, 0) is 11.2 Å². The van der Waals surface area contributed by atoms with Crippen molar-refractivity contribution in [3.8, 4) is 11.3 Å². The van der Waals surface area contributed by atoms with Crippen molar-refractivity contribution in [3.05, 3.63) is 36.0 Å². The average Bonchev–Trinajstić information content (AvgIpc) is 2.66. The molecule has 0 amide bonds. The van der Waals surface area contributed by atoms with Crippen molar-refractivity contribution in [3.63, 3.8) is 0 Å². The van der Waals surface area contributed by atoms with E-state index in [1.807, 2.05) is 30.3 Å². The fraction of sp³-hybridized carbons (Fsp3) is 0.100. The summed E-state index contributed by atoms with van der Waals surface area (Å²) in [7, 11) is 0. The standard InChI is InChI=1S/C10H8N2O3/c13-9(14)6-8-10(12-15-11-8)7-4-2-1-3-5-7/h1-5H,6H2,(H,13,14). The molecule has 5 nitrogen and oxygen atoms in total. The lowest BCUT2D eigenvalue weighted by molar-refractivity contribution is -0.136. The SMILES string of the molecule is O=C(O)Cc1nonc1-c1ccccc1. The highest BCUT2D eigenvalue weighted by Gasteiger charge is 2.14. The van der Waals surface area contributed by atoms with E-state index < -0.39 is 5.97 Å². The number of hydrogen-bond acceptors (Lipinski definition) is 4. The van der Waals surface area contributed by atoms with E-state index in [4.69, 9.17) is 5.11 Å². The molecule has 15 heavy (non-hydrogen) atoms. The quantitative estimate of drug-likeness (QED) is 0.816. The maximum atomic E-state index is 10.5. The highest BCUT2D eigenvalue weighted by Crippen LogP contribution is 2.19. The Balaban J connectivity index is 2.37. The average molecular weight is 204 g/mol. The minimum Gasteiger partial charge on any atom is -0.481 e. The topological polar surface area (TPSA) is 76.2 Å². The molecule has 1 heterocycles. The zero-order valence-corrected chi connectivity index (χ0v) is 7.75. The third-order valence-electron chi connectivity index (χ3n) is 1.92. The van der Waals surface area contributed by atoms with Crippen LogP contribution in [0.4, 0.5) is 0 Å². The summed E-state index contributed by atoms with van der Waals surface area (Å²) in [6.45, 7) is 0. The summed E-state index contributed by atoms with van der Waals surface area (Å²) in [5, 5.41) is 15.9. The molecule has 0 spiro atoms. The molecule has 0 atom stereocenters. The van der Waals surface area contributed by atoms with E-state index in [-0.39, 0.29) is 6.42 Å². The van der Waals surface area contributed by atoms with Gasteiger partial charge in [0.15, 0.2) is 0 Å². The predicted octanol–water partition coefficient (Wildman–Crippen LogP) is 1.36. The van der Waals surface area contributed by atoms with Gasteiger partial charge in [-0.1, -0.05) is 35.5 Å². The summed E-state index contributed by atoms with van der Waals surface area (Å²) in [4.78, 5) is 10.5. The van der Waals surface area contributed by atoms with Gasteiger partial charge in [0, 0.05) is 5.56 Å². The molecule has 0 saturated carbocycles. The highest BCUT2D eigenvalue weighted by atomic mass is 16.6. The molecule has 0 bridgehead atoms. The van der Waals surface area contributed by atoms with Crippen LogP contribution in [0, 0.1) is 0 Å². The molecular formula is C10H8N2O3. The predicted molar refractivity (Wildman–Crippen MR) is 51.1 cm³/mol. The van der Waals surface area contributed by atoms with Crippen molar-refractivity contribution in [2.24, 2.45) is 0 Å². The van der Waals surface area contributed by atoms with Crippen LogP contribution in [0.3, 0.4) is 0 Å². The largest absolute Gasteiger partial charge is 0.481 e. The molecule has 76 valence electrons. The lowest BCUT2D eigenvalue weighted by Crippen LogP contribution is -2.01. The van der Waals surface area contributed by atoms with Gasteiger partial charge < -0.3 is 5.11 Å². The molecule has 0 saturated heterocycles. The van der Waals surface area contributed by atoms with Crippen LogP contribution in [0.25, 0.3) is 11.3 Å². The Morgan fingerprint density at radius 3 is 2.67 bits per heavy atom. The summed E-state index contributed by atoms with van der Waals surface area (Å²) < 4.78 is 4.54. The fourth-order valence-corrected chi connectivity index (χ4v) is 1.28. The van der Waals surface area contributed by atoms with Crippen molar-refractivity contribution in [2.75, 3.05) is 0 Å². The van der Waals surface area contributed by atoms with Gasteiger partial charge in [-0.05, 0) is 5.16 Å². The number of aromatic nitrogens is 2. The van der Waals surface area contributed by atoms with Gasteiger partial charge in [-0.2, -0.15) is 0 Å². The number of nitrogens with zero attached hydrogens (tertiary/aromatic N) is 2. The van der Waals surface area contributed by atoms with E-state index in [1.54, 1.807) is 0 Å². The van der Waals surface area contributed by atoms with Crippen molar-refractivity contribution >= 4 is 5.97 Å². The van der Waals surface area contributed by atoms with Gasteiger partial charge in [-0.25, -0.2) is 4.63 Å². The molecule has 0 aliphatic rings. The van der Waals surface area contributed by atoms with Crippen LogP contribution in [0.5, 0.6) is 0 Å². The molecule has 2 aromatic rings. The van der Waals surface area contributed by atoms with Gasteiger partial charge in [-0.15, -0.1) is 0 Å². The monoisotopic (exact) mass is 204 g/mol. The van der Waals surface area contributed by atoms with Crippen LogP contribution in [0.2, 0.25) is 0 Å². The van der Waals surface area contributed by atoms with Crippen LogP contribution >= 0.6 is 0 Å². The summed E-state index contributed by atoms with van der Waals surface area (Å²) in [6, 6.07) is 9.20. The molecule has 1 aromatic carbocycles. The minimum absolute atomic E-state index is 0.187. The van der Waals surface area contributed by atoms with Gasteiger partial charge in [0.1, 0.15) is 11.4 Å². The smallest absolute Gasteiger partial charge is 0.309 e. The summed E-state index contributed by atoms with van der Waals surface area (Å²) in [6.07, 6.45) is -0.187. The van der Waals surface area contributed by atoms with E-state index in [0.29, 0.717) is 11.4 Å². The van der Waals surface area contributed by atoms with E-state index in [1.165, 1.54) is 0 Å². The molecule has 5 heteroatoms. The van der Waals surface area contributed by atoms with E-state index >= 15 is 0 Å².